The number of hydrogen-bond donors (Lipinski definition) is 2. The molecule has 3 aromatic rings. The number of rotatable bonds is 4. The number of hydrogen-bond acceptors (Lipinski definition) is 4. The van der Waals surface area contributed by atoms with Gasteiger partial charge in [0.1, 0.15) is 5.69 Å². The summed E-state index contributed by atoms with van der Waals surface area (Å²) in [6.07, 6.45) is 1.72. The molecule has 0 saturated carbocycles. The summed E-state index contributed by atoms with van der Waals surface area (Å²) in [5.74, 6) is -1.10. The van der Waals surface area contributed by atoms with Gasteiger partial charge in [-0.1, -0.05) is 30.3 Å². The van der Waals surface area contributed by atoms with Crippen LogP contribution in [0.3, 0.4) is 0 Å². The second-order valence-electron chi connectivity index (χ2n) is 5.76. The molecule has 3 rings (SSSR count). The van der Waals surface area contributed by atoms with Crippen molar-refractivity contribution in [1.29, 1.82) is 0 Å². The molecule has 0 saturated heterocycles. The number of benzene rings is 1. The summed E-state index contributed by atoms with van der Waals surface area (Å²) in [6.45, 7) is 0.241. The minimum absolute atomic E-state index is 0.0129. The third-order valence-electron chi connectivity index (χ3n) is 3.77. The molecule has 0 radical (unpaired) electrons. The number of carbonyl (C=O) groups is 2. The zero-order valence-electron chi connectivity index (χ0n) is 14.3. The van der Waals surface area contributed by atoms with Gasteiger partial charge < -0.3 is 4.57 Å². The van der Waals surface area contributed by atoms with E-state index in [1.54, 1.807) is 23.9 Å². The topological polar surface area (TPSA) is 98.0 Å². The molecule has 9 heteroatoms. The molecule has 0 fully saturated rings. The smallest absolute Gasteiger partial charge is 0.290 e. The lowest BCUT2D eigenvalue weighted by Gasteiger charge is -2.09. The average Bonchev–Trinajstić information content (AvgIpc) is 3.00. The van der Waals surface area contributed by atoms with E-state index in [-0.39, 0.29) is 17.8 Å². The molecule has 2 N–H and O–H groups in total. The van der Waals surface area contributed by atoms with Crippen LogP contribution in [0.2, 0.25) is 0 Å². The van der Waals surface area contributed by atoms with E-state index in [4.69, 9.17) is 0 Å². The van der Waals surface area contributed by atoms with Crippen molar-refractivity contribution in [3.8, 4) is 0 Å². The van der Waals surface area contributed by atoms with Crippen LogP contribution in [-0.4, -0.2) is 26.2 Å². The lowest BCUT2D eigenvalue weighted by Crippen LogP contribution is -2.43. The monoisotopic (exact) mass is 429 g/mol. The zero-order valence-corrected chi connectivity index (χ0v) is 15.9. The first-order valence-corrected chi connectivity index (χ1v) is 8.78. The van der Waals surface area contributed by atoms with Crippen LogP contribution in [0.15, 0.2) is 64.0 Å². The van der Waals surface area contributed by atoms with Gasteiger partial charge in [-0.2, -0.15) is 5.10 Å². The Morgan fingerprint density at radius 1 is 1.07 bits per heavy atom. The van der Waals surface area contributed by atoms with Crippen LogP contribution in [0, 0.1) is 0 Å². The van der Waals surface area contributed by atoms with Crippen LogP contribution >= 0.6 is 15.9 Å². The molecular formula is C18H16BrN5O3. The van der Waals surface area contributed by atoms with Crippen molar-refractivity contribution >= 4 is 27.7 Å². The van der Waals surface area contributed by atoms with Crippen molar-refractivity contribution in [1.82, 2.24) is 25.2 Å². The van der Waals surface area contributed by atoms with Crippen LogP contribution in [0.5, 0.6) is 0 Å². The van der Waals surface area contributed by atoms with Gasteiger partial charge in [0.2, 0.25) is 0 Å². The first-order valence-electron chi connectivity index (χ1n) is 7.98. The SMILES string of the molecule is Cn1cc(Br)cc1C(=O)NNC(=O)c1ccc(=O)n(Cc2ccccc2)n1. The highest BCUT2D eigenvalue weighted by Crippen LogP contribution is 2.13. The Kier molecular flexibility index (Phi) is 5.51. The maximum absolute atomic E-state index is 12.3. The molecule has 2 heterocycles. The van der Waals surface area contributed by atoms with Crippen molar-refractivity contribution in [2.75, 3.05) is 0 Å². The highest BCUT2D eigenvalue weighted by Gasteiger charge is 2.14. The molecule has 2 aromatic heterocycles. The summed E-state index contributed by atoms with van der Waals surface area (Å²) in [4.78, 5) is 36.4. The molecule has 0 aliphatic rings. The normalized spacial score (nSPS) is 10.4. The van der Waals surface area contributed by atoms with Gasteiger partial charge in [0.15, 0.2) is 5.69 Å². The van der Waals surface area contributed by atoms with E-state index in [9.17, 15) is 14.4 Å². The molecule has 27 heavy (non-hydrogen) atoms. The Bertz CT molecular complexity index is 1040. The minimum atomic E-state index is -0.626. The Balaban J connectivity index is 1.69. The van der Waals surface area contributed by atoms with E-state index < -0.39 is 11.8 Å². The van der Waals surface area contributed by atoms with E-state index in [1.807, 2.05) is 30.3 Å². The fourth-order valence-corrected chi connectivity index (χ4v) is 2.96. The molecule has 1 aromatic carbocycles. The molecule has 0 bridgehead atoms. The van der Waals surface area contributed by atoms with E-state index in [1.165, 1.54) is 16.8 Å². The van der Waals surface area contributed by atoms with E-state index in [0.717, 1.165) is 10.0 Å². The van der Waals surface area contributed by atoms with Gasteiger partial charge in [0.25, 0.3) is 17.4 Å². The second-order valence-corrected chi connectivity index (χ2v) is 6.68. The summed E-state index contributed by atoms with van der Waals surface area (Å²) >= 11 is 3.28. The number of halogens is 1. The number of amides is 2. The summed E-state index contributed by atoms with van der Waals surface area (Å²) in [5, 5.41) is 4.07. The Morgan fingerprint density at radius 3 is 2.44 bits per heavy atom. The molecule has 0 aliphatic carbocycles. The number of aromatic nitrogens is 3. The molecule has 0 atom stereocenters. The second kappa shape index (κ2) is 8.00. The minimum Gasteiger partial charge on any atom is -0.345 e. The molecule has 0 aliphatic heterocycles. The summed E-state index contributed by atoms with van der Waals surface area (Å²) < 4.78 is 3.56. The summed E-state index contributed by atoms with van der Waals surface area (Å²) in [6, 6.07) is 13.5. The maximum Gasteiger partial charge on any atom is 0.290 e. The molecule has 138 valence electrons. The predicted molar refractivity (Wildman–Crippen MR) is 102 cm³/mol. The number of aryl methyl sites for hydroxylation is 1. The summed E-state index contributed by atoms with van der Waals surface area (Å²) in [5.41, 5.74) is 5.56. The standard InChI is InChI=1S/C18H16BrN5O3/c1-23-11-13(19)9-15(23)18(27)21-20-17(26)14-7-8-16(25)24(22-14)10-12-5-3-2-4-6-12/h2-9,11H,10H2,1H3,(H,20,26)(H,21,27). The van der Waals surface area contributed by atoms with Crippen molar-refractivity contribution in [2.24, 2.45) is 7.05 Å². The Hall–Kier alpha value is -3.20. The van der Waals surface area contributed by atoms with Crippen molar-refractivity contribution in [3.63, 3.8) is 0 Å². The first kappa shape index (κ1) is 18.6. The number of hydrazine groups is 1. The molecular weight excluding hydrogens is 414 g/mol. The van der Waals surface area contributed by atoms with Crippen molar-refractivity contribution in [3.05, 3.63) is 86.5 Å². The molecule has 0 unspecified atom stereocenters. The maximum atomic E-state index is 12.3. The van der Waals surface area contributed by atoms with Gasteiger partial charge in [0.05, 0.1) is 6.54 Å². The summed E-state index contributed by atoms with van der Waals surface area (Å²) in [7, 11) is 1.71. The van der Waals surface area contributed by atoms with Gasteiger partial charge in [-0.3, -0.25) is 25.2 Å². The fourth-order valence-electron chi connectivity index (χ4n) is 2.43. The van der Waals surface area contributed by atoms with E-state index in [2.05, 4.69) is 31.9 Å². The van der Waals surface area contributed by atoms with Crippen molar-refractivity contribution < 1.29 is 9.59 Å². The van der Waals surface area contributed by atoms with Crippen LogP contribution in [0.4, 0.5) is 0 Å². The number of nitrogens with zero attached hydrogens (tertiary/aromatic N) is 3. The Labute approximate surface area is 162 Å². The van der Waals surface area contributed by atoms with Gasteiger partial charge in [0, 0.05) is 23.8 Å². The highest BCUT2D eigenvalue weighted by molar-refractivity contribution is 9.10. The van der Waals surface area contributed by atoms with Gasteiger partial charge >= 0.3 is 0 Å². The lowest BCUT2D eigenvalue weighted by atomic mass is 10.2. The van der Waals surface area contributed by atoms with Crippen LogP contribution in [0.25, 0.3) is 0 Å². The third-order valence-corrected chi connectivity index (χ3v) is 4.20. The van der Waals surface area contributed by atoms with E-state index >= 15 is 0 Å². The zero-order chi connectivity index (χ0) is 19.4. The highest BCUT2D eigenvalue weighted by atomic mass is 79.9. The lowest BCUT2D eigenvalue weighted by molar-refractivity contribution is 0.0838. The largest absolute Gasteiger partial charge is 0.345 e. The average molecular weight is 430 g/mol. The number of nitrogens with one attached hydrogen (secondary N) is 2. The molecule has 0 spiro atoms. The van der Waals surface area contributed by atoms with Crippen LogP contribution in [0.1, 0.15) is 26.5 Å². The van der Waals surface area contributed by atoms with Gasteiger partial charge in [-0.25, -0.2) is 4.68 Å². The fraction of sp³-hybridized carbons (Fsp3) is 0.111. The van der Waals surface area contributed by atoms with E-state index in [0.29, 0.717) is 5.69 Å². The van der Waals surface area contributed by atoms with Crippen LogP contribution < -0.4 is 16.4 Å². The van der Waals surface area contributed by atoms with Crippen LogP contribution in [-0.2, 0) is 13.6 Å². The third kappa shape index (κ3) is 4.50. The van der Waals surface area contributed by atoms with Gasteiger partial charge in [-0.05, 0) is 33.6 Å². The molecule has 8 nitrogen and oxygen atoms in total. The Morgan fingerprint density at radius 2 is 1.78 bits per heavy atom. The van der Waals surface area contributed by atoms with Gasteiger partial charge in [-0.15, -0.1) is 0 Å². The number of carbonyl (C=O) groups excluding carboxylic acids is 2. The first-order chi connectivity index (χ1) is 12.9. The van der Waals surface area contributed by atoms with Crippen molar-refractivity contribution in [2.45, 2.75) is 6.54 Å². The molecule has 2 amide bonds. The predicted octanol–water partition coefficient (Wildman–Crippen LogP) is 1.47. The quantitative estimate of drug-likeness (QED) is 0.613.